The molecule has 7 heteroatoms. The summed E-state index contributed by atoms with van der Waals surface area (Å²) in [5, 5.41) is 4.81. The predicted octanol–water partition coefficient (Wildman–Crippen LogP) is 4.43. The van der Waals surface area contributed by atoms with Gasteiger partial charge in [0.25, 0.3) is 0 Å². The van der Waals surface area contributed by atoms with Crippen LogP contribution in [0.3, 0.4) is 0 Å². The Bertz CT molecular complexity index is 824. The van der Waals surface area contributed by atoms with Gasteiger partial charge in [0.2, 0.25) is 0 Å². The van der Waals surface area contributed by atoms with Gasteiger partial charge < -0.3 is 10.2 Å². The Morgan fingerprint density at radius 3 is 2.81 bits per heavy atom. The molecule has 0 saturated carbocycles. The van der Waals surface area contributed by atoms with Crippen molar-refractivity contribution in [2.45, 2.75) is 51.6 Å². The largest absolute Gasteiger partial charge is 0.356 e. The van der Waals surface area contributed by atoms with E-state index in [1.807, 2.05) is 24.6 Å². The molecule has 2 aliphatic rings. The number of halogens is 1. The molecule has 3 heterocycles. The van der Waals surface area contributed by atoms with Crippen molar-refractivity contribution in [3.63, 3.8) is 0 Å². The van der Waals surface area contributed by atoms with Crippen LogP contribution in [0.15, 0.2) is 41.5 Å². The van der Waals surface area contributed by atoms with Crippen LogP contribution in [0.25, 0.3) is 0 Å². The monoisotopic (exact) mass is 553 g/mol. The zero-order valence-electron chi connectivity index (χ0n) is 18.8. The molecular weight excluding hydrogens is 517 g/mol. The molecule has 0 bridgehead atoms. The van der Waals surface area contributed by atoms with Gasteiger partial charge in [-0.1, -0.05) is 37.3 Å². The number of aryl methyl sites for hydroxylation is 1. The van der Waals surface area contributed by atoms with E-state index in [-0.39, 0.29) is 24.0 Å². The Morgan fingerprint density at radius 1 is 1.23 bits per heavy atom. The van der Waals surface area contributed by atoms with Crippen molar-refractivity contribution in [2.75, 3.05) is 33.2 Å². The SMILES string of the molecule is CCc1cnc(CCNC(=NC)N2CCC3C(CCCN3Cc3ccccc3)C2)s1.I. The van der Waals surface area contributed by atoms with Crippen LogP contribution >= 0.6 is 35.3 Å². The summed E-state index contributed by atoms with van der Waals surface area (Å²) in [5.41, 5.74) is 1.44. The third-order valence-electron chi connectivity index (χ3n) is 6.49. The molecule has 1 aromatic carbocycles. The number of likely N-dealkylation sites (tertiary alicyclic amines) is 2. The first-order valence-corrected chi connectivity index (χ1v) is 12.3. The molecule has 0 radical (unpaired) electrons. The number of hydrogen-bond acceptors (Lipinski definition) is 4. The Kier molecular flexibility index (Phi) is 9.59. The van der Waals surface area contributed by atoms with Crippen molar-refractivity contribution in [3.05, 3.63) is 52.0 Å². The van der Waals surface area contributed by atoms with E-state index in [1.165, 1.54) is 41.3 Å². The topological polar surface area (TPSA) is 43.8 Å². The van der Waals surface area contributed by atoms with Gasteiger partial charge >= 0.3 is 0 Å². The minimum absolute atomic E-state index is 0. The molecule has 0 aliphatic carbocycles. The van der Waals surface area contributed by atoms with Gasteiger partial charge in [-0.2, -0.15) is 0 Å². The minimum Gasteiger partial charge on any atom is -0.356 e. The second kappa shape index (κ2) is 12.2. The van der Waals surface area contributed by atoms with Crippen molar-refractivity contribution in [1.29, 1.82) is 0 Å². The lowest BCUT2D eigenvalue weighted by molar-refractivity contribution is 0.0373. The number of guanidine groups is 1. The Morgan fingerprint density at radius 2 is 2.06 bits per heavy atom. The fourth-order valence-corrected chi connectivity index (χ4v) is 5.82. The molecule has 4 rings (SSSR count). The molecule has 0 amide bonds. The zero-order valence-corrected chi connectivity index (χ0v) is 21.9. The number of thiazole rings is 1. The summed E-state index contributed by atoms with van der Waals surface area (Å²) in [6, 6.07) is 11.6. The van der Waals surface area contributed by atoms with Crippen molar-refractivity contribution < 1.29 is 0 Å². The Labute approximate surface area is 208 Å². The molecule has 0 spiro atoms. The van der Waals surface area contributed by atoms with Crippen LogP contribution in [0, 0.1) is 5.92 Å². The smallest absolute Gasteiger partial charge is 0.193 e. The van der Waals surface area contributed by atoms with Gasteiger partial charge in [0.1, 0.15) is 0 Å². The normalized spacial score (nSPS) is 22.0. The first-order chi connectivity index (χ1) is 14.8. The quantitative estimate of drug-likeness (QED) is 0.327. The van der Waals surface area contributed by atoms with E-state index < -0.39 is 0 Å². The average Bonchev–Trinajstić information content (AvgIpc) is 3.25. The molecular formula is C24H36IN5S. The summed E-state index contributed by atoms with van der Waals surface area (Å²) in [6.45, 7) is 7.61. The number of hydrogen-bond donors (Lipinski definition) is 1. The molecule has 5 nitrogen and oxygen atoms in total. The van der Waals surface area contributed by atoms with E-state index in [1.54, 1.807) is 0 Å². The number of benzene rings is 1. The van der Waals surface area contributed by atoms with Gasteiger partial charge in [0.15, 0.2) is 5.96 Å². The number of aliphatic imine (C=N–C) groups is 1. The van der Waals surface area contributed by atoms with Crippen molar-refractivity contribution in [2.24, 2.45) is 10.9 Å². The van der Waals surface area contributed by atoms with Gasteiger partial charge in [0, 0.05) is 56.8 Å². The molecule has 2 aliphatic heterocycles. The van der Waals surface area contributed by atoms with Crippen LogP contribution in [0.4, 0.5) is 0 Å². The summed E-state index contributed by atoms with van der Waals surface area (Å²) in [6.07, 6.45) is 7.92. The standard InChI is InChI=1S/C24H35N5S.HI/c1-3-21-16-27-23(30-21)11-13-26-24(25-2)29-15-12-22-20(18-29)10-7-14-28(22)17-19-8-5-4-6-9-19;/h4-6,8-9,16,20,22H,3,7,10-15,17-18H2,1-2H3,(H,25,26);1H. The highest BCUT2D eigenvalue weighted by Crippen LogP contribution is 2.31. The molecule has 2 atom stereocenters. The molecule has 1 aromatic heterocycles. The maximum Gasteiger partial charge on any atom is 0.193 e. The lowest BCUT2D eigenvalue weighted by Crippen LogP contribution is -2.56. The van der Waals surface area contributed by atoms with Crippen molar-refractivity contribution in [1.82, 2.24) is 20.1 Å². The first kappa shape index (κ1) is 24.5. The summed E-state index contributed by atoms with van der Waals surface area (Å²) >= 11 is 1.83. The van der Waals surface area contributed by atoms with Crippen LogP contribution in [-0.2, 0) is 19.4 Å². The molecule has 31 heavy (non-hydrogen) atoms. The molecule has 1 N–H and O–H groups in total. The molecule has 170 valence electrons. The lowest BCUT2D eigenvalue weighted by atomic mass is 9.83. The average molecular weight is 554 g/mol. The summed E-state index contributed by atoms with van der Waals surface area (Å²) < 4.78 is 0. The number of aromatic nitrogens is 1. The number of rotatable bonds is 6. The summed E-state index contributed by atoms with van der Waals surface area (Å²) in [4.78, 5) is 15.7. The van der Waals surface area contributed by atoms with E-state index in [2.05, 4.69) is 62.3 Å². The maximum absolute atomic E-state index is 4.59. The van der Waals surface area contributed by atoms with Crippen LogP contribution in [0.5, 0.6) is 0 Å². The fraction of sp³-hybridized carbons (Fsp3) is 0.583. The van der Waals surface area contributed by atoms with Gasteiger partial charge in [-0.3, -0.25) is 9.89 Å². The maximum atomic E-state index is 4.59. The molecule has 2 aromatic rings. The van der Waals surface area contributed by atoms with Crippen molar-refractivity contribution >= 4 is 41.3 Å². The molecule has 2 unspecified atom stereocenters. The van der Waals surface area contributed by atoms with Crippen LogP contribution in [0.2, 0.25) is 0 Å². The second-order valence-corrected chi connectivity index (χ2v) is 9.66. The first-order valence-electron chi connectivity index (χ1n) is 11.4. The number of piperidine rings is 2. The highest BCUT2D eigenvalue weighted by molar-refractivity contribution is 14.0. The third kappa shape index (κ3) is 6.42. The van der Waals surface area contributed by atoms with Crippen LogP contribution in [-0.4, -0.2) is 60.0 Å². The number of nitrogens with one attached hydrogen (secondary N) is 1. The van der Waals surface area contributed by atoms with E-state index in [0.29, 0.717) is 6.04 Å². The second-order valence-electron chi connectivity index (χ2n) is 8.46. The molecule has 2 saturated heterocycles. The van der Waals surface area contributed by atoms with Crippen molar-refractivity contribution in [3.8, 4) is 0 Å². The summed E-state index contributed by atoms with van der Waals surface area (Å²) in [7, 11) is 1.91. The number of nitrogens with zero attached hydrogens (tertiary/aromatic N) is 4. The molecule has 2 fully saturated rings. The minimum atomic E-state index is 0. The Balaban J connectivity index is 0.00000272. The predicted molar refractivity (Wildman–Crippen MR) is 142 cm³/mol. The fourth-order valence-electron chi connectivity index (χ4n) is 4.95. The zero-order chi connectivity index (χ0) is 20.8. The van der Waals surface area contributed by atoms with Gasteiger partial charge in [-0.15, -0.1) is 35.3 Å². The van der Waals surface area contributed by atoms with E-state index in [0.717, 1.165) is 50.9 Å². The van der Waals surface area contributed by atoms with Crippen LogP contribution in [0.1, 0.15) is 41.6 Å². The van der Waals surface area contributed by atoms with E-state index in [9.17, 15) is 0 Å². The lowest BCUT2D eigenvalue weighted by Gasteiger charge is -2.48. The van der Waals surface area contributed by atoms with E-state index in [4.69, 9.17) is 0 Å². The highest BCUT2D eigenvalue weighted by atomic mass is 127. The van der Waals surface area contributed by atoms with Gasteiger partial charge in [-0.25, -0.2) is 4.98 Å². The van der Waals surface area contributed by atoms with Gasteiger partial charge in [-0.05, 0) is 43.7 Å². The van der Waals surface area contributed by atoms with Crippen LogP contribution < -0.4 is 5.32 Å². The summed E-state index contributed by atoms with van der Waals surface area (Å²) in [5.74, 6) is 1.79. The Hall–Kier alpha value is -1.19. The highest BCUT2D eigenvalue weighted by Gasteiger charge is 2.36. The number of fused-ring (bicyclic) bond motifs is 1. The van der Waals surface area contributed by atoms with E-state index >= 15 is 0 Å². The van der Waals surface area contributed by atoms with Gasteiger partial charge in [0.05, 0.1) is 5.01 Å². The third-order valence-corrected chi connectivity index (χ3v) is 7.70.